The largest absolute Gasteiger partial charge is 0.441 e. The van der Waals surface area contributed by atoms with E-state index >= 15 is 0 Å². The first-order chi connectivity index (χ1) is 12.3. The van der Waals surface area contributed by atoms with Crippen LogP contribution in [-0.4, -0.2) is 54.5 Å². The van der Waals surface area contributed by atoms with Crippen LogP contribution in [0.15, 0.2) is 41.3 Å². The van der Waals surface area contributed by atoms with Crippen LogP contribution in [0.25, 0.3) is 0 Å². The maximum absolute atomic E-state index is 13.3. The van der Waals surface area contributed by atoms with Gasteiger partial charge in [0.05, 0.1) is 6.54 Å². The molecule has 0 unspecified atom stereocenters. The highest BCUT2D eigenvalue weighted by Gasteiger charge is 2.27. The maximum atomic E-state index is 13.3. The number of ether oxygens (including phenoxy) is 1. The van der Waals surface area contributed by atoms with Gasteiger partial charge in [-0.3, -0.25) is 4.90 Å². The molecular formula is C19H25FN4O. The molecule has 6 heteroatoms. The van der Waals surface area contributed by atoms with Crippen molar-refractivity contribution in [2.75, 3.05) is 32.7 Å². The van der Waals surface area contributed by atoms with Crippen molar-refractivity contribution in [3.8, 4) is 5.75 Å². The van der Waals surface area contributed by atoms with Gasteiger partial charge in [-0.2, -0.15) is 4.99 Å². The zero-order valence-corrected chi connectivity index (χ0v) is 14.5. The molecule has 1 aliphatic carbocycles. The van der Waals surface area contributed by atoms with E-state index < -0.39 is 0 Å². The average molecular weight is 344 g/mol. The number of rotatable bonds is 3. The molecule has 2 fully saturated rings. The van der Waals surface area contributed by atoms with E-state index in [-0.39, 0.29) is 5.82 Å². The number of hydrogen-bond donors (Lipinski definition) is 1. The minimum absolute atomic E-state index is 0.304. The summed E-state index contributed by atoms with van der Waals surface area (Å²) in [5.41, 5.74) is 0. The number of nitrogens with zero attached hydrogens (tertiary/aromatic N) is 3. The van der Waals surface area contributed by atoms with Crippen LogP contribution in [0.3, 0.4) is 0 Å². The lowest BCUT2D eigenvalue weighted by atomic mass is 9.91. The lowest BCUT2D eigenvalue weighted by Gasteiger charge is -2.36. The van der Waals surface area contributed by atoms with Gasteiger partial charge in [0.15, 0.2) is 0 Å². The second kappa shape index (κ2) is 7.44. The SMILES string of the molecule is Fc1cccc(OC2=NC(N3CCCN(C4CCC4)CC3)=CNC2)c1. The van der Waals surface area contributed by atoms with Crippen LogP contribution in [0.5, 0.6) is 5.75 Å². The van der Waals surface area contributed by atoms with Crippen molar-refractivity contribution in [2.24, 2.45) is 4.99 Å². The van der Waals surface area contributed by atoms with Crippen molar-refractivity contribution in [3.63, 3.8) is 0 Å². The smallest absolute Gasteiger partial charge is 0.215 e. The molecule has 1 aromatic carbocycles. The third-order valence-corrected chi connectivity index (χ3v) is 5.20. The van der Waals surface area contributed by atoms with E-state index in [0.717, 1.165) is 37.9 Å². The lowest BCUT2D eigenvalue weighted by Crippen LogP contribution is -2.42. The Morgan fingerprint density at radius 1 is 1.12 bits per heavy atom. The minimum atomic E-state index is -0.304. The second-order valence-electron chi connectivity index (χ2n) is 6.91. The number of halogens is 1. The molecule has 0 atom stereocenters. The summed E-state index contributed by atoms with van der Waals surface area (Å²) in [6, 6.07) is 6.97. The molecule has 4 rings (SSSR count). The van der Waals surface area contributed by atoms with Gasteiger partial charge in [0, 0.05) is 44.5 Å². The molecule has 5 nitrogen and oxygen atoms in total. The Labute approximate surface area is 148 Å². The highest BCUT2D eigenvalue weighted by atomic mass is 19.1. The molecule has 0 amide bonds. The Balaban J connectivity index is 1.39. The fourth-order valence-electron chi connectivity index (χ4n) is 3.60. The van der Waals surface area contributed by atoms with E-state index in [1.807, 2.05) is 6.20 Å². The van der Waals surface area contributed by atoms with Gasteiger partial charge in [0.2, 0.25) is 5.90 Å². The summed E-state index contributed by atoms with van der Waals surface area (Å²) in [4.78, 5) is 9.61. The molecule has 1 N–H and O–H groups in total. The summed E-state index contributed by atoms with van der Waals surface area (Å²) in [6.07, 6.45) is 7.20. The van der Waals surface area contributed by atoms with Crippen molar-refractivity contribution in [2.45, 2.75) is 31.7 Å². The number of benzene rings is 1. The monoisotopic (exact) mass is 344 g/mol. The van der Waals surface area contributed by atoms with Crippen LogP contribution in [-0.2, 0) is 0 Å². The summed E-state index contributed by atoms with van der Waals surface area (Å²) in [5, 5.41) is 3.23. The van der Waals surface area contributed by atoms with Gasteiger partial charge >= 0.3 is 0 Å². The molecular weight excluding hydrogens is 319 g/mol. The molecule has 0 radical (unpaired) electrons. The van der Waals surface area contributed by atoms with E-state index in [2.05, 4.69) is 20.1 Å². The van der Waals surface area contributed by atoms with Crippen molar-refractivity contribution in [1.82, 2.24) is 15.1 Å². The minimum Gasteiger partial charge on any atom is -0.441 e. The van der Waals surface area contributed by atoms with Gasteiger partial charge in [-0.25, -0.2) is 4.39 Å². The fourth-order valence-corrected chi connectivity index (χ4v) is 3.60. The predicted molar refractivity (Wildman–Crippen MR) is 96.0 cm³/mol. The molecule has 0 bridgehead atoms. The Morgan fingerprint density at radius 3 is 2.84 bits per heavy atom. The number of nitrogens with one attached hydrogen (secondary N) is 1. The standard InChI is InChI=1S/C19H25FN4O/c20-15-4-1-7-17(12-15)25-19-14-21-13-18(22-19)24-9-3-8-23(10-11-24)16-5-2-6-16/h1,4,7,12-13,16,21H,2-3,5-6,8-11,14H2. The quantitative estimate of drug-likeness (QED) is 0.915. The molecule has 1 saturated heterocycles. The van der Waals surface area contributed by atoms with E-state index in [4.69, 9.17) is 4.74 Å². The van der Waals surface area contributed by atoms with Crippen LogP contribution in [0.2, 0.25) is 0 Å². The Hall–Kier alpha value is -2.08. The van der Waals surface area contributed by atoms with Crippen LogP contribution in [0.1, 0.15) is 25.7 Å². The zero-order valence-electron chi connectivity index (χ0n) is 14.5. The normalized spacial score (nSPS) is 22.4. The first-order valence-electron chi connectivity index (χ1n) is 9.21. The molecule has 2 aliphatic heterocycles. The van der Waals surface area contributed by atoms with Gasteiger partial charge in [-0.1, -0.05) is 12.5 Å². The topological polar surface area (TPSA) is 40.1 Å². The summed E-state index contributed by atoms with van der Waals surface area (Å²) in [5.74, 6) is 1.66. The molecule has 2 heterocycles. The number of aliphatic imine (C=N–C) groups is 1. The lowest BCUT2D eigenvalue weighted by molar-refractivity contribution is 0.132. The van der Waals surface area contributed by atoms with Crippen molar-refractivity contribution < 1.29 is 9.13 Å². The van der Waals surface area contributed by atoms with E-state index in [1.165, 1.54) is 37.9 Å². The molecule has 1 saturated carbocycles. The summed E-state index contributed by atoms with van der Waals surface area (Å²) >= 11 is 0. The van der Waals surface area contributed by atoms with Crippen molar-refractivity contribution >= 4 is 5.90 Å². The molecule has 25 heavy (non-hydrogen) atoms. The molecule has 3 aliphatic rings. The van der Waals surface area contributed by atoms with Crippen molar-refractivity contribution in [1.29, 1.82) is 0 Å². The maximum Gasteiger partial charge on any atom is 0.215 e. The Kier molecular flexibility index (Phi) is 4.88. The van der Waals surface area contributed by atoms with Gasteiger partial charge in [-0.15, -0.1) is 0 Å². The summed E-state index contributed by atoms with van der Waals surface area (Å²) in [6.45, 7) is 4.78. The van der Waals surface area contributed by atoms with Crippen LogP contribution in [0, 0.1) is 5.82 Å². The van der Waals surface area contributed by atoms with Crippen LogP contribution < -0.4 is 10.1 Å². The molecule has 134 valence electrons. The van der Waals surface area contributed by atoms with E-state index in [1.54, 1.807) is 12.1 Å². The zero-order chi connectivity index (χ0) is 17.1. The molecule has 0 spiro atoms. The number of hydrogen-bond acceptors (Lipinski definition) is 5. The average Bonchev–Trinajstić information content (AvgIpc) is 2.80. The third-order valence-electron chi connectivity index (χ3n) is 5.20. The third kappa shape index (κ3) is 3.95. The first kappa shape index (κ1) is 16.4. The van der Waals surface area contributed by atoms with Crippen LogP contribution >= 0.6 is 0 Å². The van der Waals surface area contributed by atoms with Gasteiger partial charge < -0.3 is 15.0 Å². The second-order valence-corrected chi connectivity index (χ2v) is 6.91. The highest BCUT2D eigenvalue weighted by molar-refractivity contribution is 5.82. The van der Waals surface area contributed by atoms with Crippen molar-refractivity contribution in [3.05, 3.63) is 42.1 Å². The van der Waals surface area contributed by atoms with E-state index in [0.29, 0.717) is 18.2 Å². The highest BCUT2D eigenvalue weighted by Crippen LogP contribution is 2.26. The Bertz CT molecular complexity index is 671. The van der Waals surface area contributed by atoms with E-state index in [9.17, 15) is 4.39 Å². The van der Waals surface area contributed by atoms with Crippen LogP contribution in [0.4, 0.5) is 4.39 Å². The fraction of sp³-hybridized carbons (Fsp3) is 0.526. The predicted octanol–water partition coefficient (Wildman–Crippen LogP) is 2.57. The molecule has 1 aromatic rings. The van der Waals surface area contributed by atoms with Gasteiger partial charge in [-0.05, 0) is 31.4 Å². The Morgan fingerprint density at radius 2 is 2.04 bits per heavy atom. The molecule has 0 aromatic heterocycles. The van der Waals surface area contributed by atoms with Gasteiger partial charge in [0.25, 0.3) is 0 Å². The summed E-state index contributed by atoms with van der Waals surface area (Å²) < 4.78 is 19.1. The first-order valence-corrected chi connectivity index (χ1v) is 9.21. The van der Waals surface area contributed by atoms with Gasteiger partial charge in [0.1, 0.15) is 17.4 Å². The summed E-state index contributed by atoms with van der Waals surface area (Å²) in [7, 11) is 0.